The molecule has 3 heterocycles. The van der Waals surface area contributed by atoms with E-state index in [0.717, 1.165) is 35.2 Å². The molecule has 2 saturated heterocycles. The Labute approximate surface area is 156 Å². The van der Waals surface area contributed by atoms with Gasteiger partial charge < -0.3 is 10.0 Å². The van der Waals surface area contributed by atoms with Crippen LogP contribution in [0.25, 0.3) is 0 Å². The number of nitrogens with zero attached hydrogens (tertiary/aromatic N) is 4. The number of carbonyl (C=O) groups is 1. The van der Waals surface area contributed by atoms with Gasteiger partial charge in [0.1, 0.15) is 3.70 Å². The molecule has 2 aliphatic rings. The molecule has 0 aliphatic carbocycles. The highest BCUT2D eigenvalue weighted by atomic mass is 127. The van der Waals surface area contributed by atoms with Gasteiger partial charge in [-0.1, -0.05) is 20.8 Å². The Morgan fingerprint density at radius 3 is 2.67 bits per heavy atom. The van der Waals surface area contributed by atoms with Crippen molar-refractivity contribution in [3.05, 3.63) is 15.8 Å². The minimum atomic E-state index is -0.775. The van der Waals surface area contributed by atoms with E-state index in [1.807, 2.05) is 19.2 Å². The maximum atomic E-state index is 11.9. The summed E-state index contributed by atoms with van der Waals surface area (Å²) < 4.78 is 0.872. The molecule has 0 saturated carbocycles. The number of anilines is 1. The molecule has 2 bridgehead atoms. The lowest BCUT2D eigenvalue weighted by Gasteiger charge is -2.54. The van der Waals surface area contributed by atoms with Crippen molar-refractivity contribution >= 4 is 34.5 Å². The zero-order valence-corrected chi connectivity index (χ0v) is 16.8. The van der Waals surface area contributed by atoms with Gasteiger partial charge >= 0.3 is 6.09 Å². The van der Waals surface area contributed by atoms with Gasteiger partial charge in [0.25, 0.3) is 0 Å². The second kappa shape index (κ2) is 6.00. The Bertz CT molecular complexity index is 630. The van der Waals surface area contributed by atoms with Crippen molar-refractivity contribution in [3.8, 4) is 0 Å². The van der Waals surface area contributed by atoms with Gasteiger partial charge in [0.05, 0.1) is 5.54 Å². The Morgan fingerprint density at radius 2 is 2.12 bits per heavy atom. The molecule has 0 spiro atoms. The van der Waals surface area contributed by atoms with Crippen LogP contribution in [0.5, 0.6) is 0 Å². The molecule has 7 heteroatoms. The first-order chi connectivity index (χ1) is 11.2. The van der Waals surface area contributed by atoms with Crippen LogP contribution in [0.1, 0.15) is 46.5 Å². The van der Waals surface area contributed by atoms with E-state index in [0.29, 0.717) is 0 Å². The third-order valence-electron chi connectivity index (χ3n) is 5.96. The number of halogens is 1. The average molecular weight is 444 g/mol. The summed E-state index contributed by atoms with van der Waals surface area (Å²) in [6.45, 7) is 6.50. The lowest BCUT2D eigenvalue weighted by molar-refractivity contribution is -0.0204. The molecule has 0 radical (unpaired) electrons. The quantitative estimate of drug-likeness (QED) is 0.706. The van der Waals surface area contributed by atoms with E-state index in [2.05, 4.69) is 58.5 Å². The summed E-state index contributed by atoms with van der Waals surface area (Å²) >= 11 is 2.15. The summed E-state index contributed by atoms with van der Waals surface area (Å²) in [6, 6.07) is 4.32. The smallest absolute Gasteiger partial charge is 0.408 e. The van der Waals surface area contributed by atoms with E-state index in [9.17, 15) is 9.90 Å². The Morgan fingerprint density at radius 1 is 1.42 bits per heavy atom. The van der Waals surface area contributed by atoms with Crippen molar-refractivity contribution in [2.75, 3.05) is 11.9 Å². The molecule has 0 aromatic carbocycles. The molecule has 2 aliphatic heterocycles. The summed E-state index contributed by atoms with van der Waals surface area (Å²) in [5, 5.41) is 18.3. The molecule has 1 aromatic rings. The number of rotatable bonds is 2. The minimum absolute atomic E-state index is 0.0970. The van der Waals surface area contributed by atoms with Crippen LogP contribution in [0.3, 0.4) is 0 Å². The number of fused-ring (bicyclic) bond motifs is 2. The van der Waals surface area contributed by atoms with Gasteiger partial charge in [0.2, 0.25) is 0 Å². The monoisotopic (exact) mass is 444 g/mol. The average Bonchev–Trinajstić information content (AvgIpc) is 2.75. The fraction of sp³-hybridized carbons (Fsp3) is 0.706. The number of carboxylic acid groups (broad SMARTS) is 1. The zero-order valence-electron chi connectivity index (χ0n) is 14.7. The largest absolute Gasteiger partial charge is 0.465 e. The number of amides is 1. The van der Waals surface area contributed by atoms with E-state index in [1.54, 1.807) is 4.90 Å². The van der Waals surface area contributed by atoms with Crippen molar-refractivity contribution < 1.29 is 9.90 Å². The lowest BCUT2D eigenvalue weighted by Crippen LogP contribution is -2.64. The standard InChI is InChI=1S/C17H25IN4O2/c1-16(2,3)17-8-7-11(22(17)15(23)24)9-12(10-17)21(4)14-6-5-13(18)19-20-14/h5-6,11-12H,7-10H2,1-4H3,(H,23,24)/t11-,12+,17+/m0/s1. The van der Waals surface area contributed by atoms with Crippen LogP contribution in [-0.2, 0) is 0 Å². The van der Waals surface area contributed by atoms with E-state index in [4.69, 9.17) is 0 Å². The van der Waals surface area contributed by atoms with Gasteiger partial charge in [0.15, 0.2) is 5.82 Å². The van der Waals surface area contributed by atoms with Gasteiger partial charge in [-0.25, -0.2) is 4.79 Å². The summed E-state index contributed by atoms with van der Waals surface area (Å²) in [7, 11) is 2.05. The van der Waals surface area contributed by atoms with Crippen molar-refractivity contribution in [1.29, 1.82) is 0 Å². The lowest BCUT2D eigenvalue weighted by atomic mass is 9.67. The fourth-order valence-corrected chi connectivity index (χ4v) is 4.86. The maximum absolute atomic E-state index is 11.9. The van der Waals surface area contributed by atoms with E-state index in [-0.39, 0.29) is 23.0 Å². The Kier molecular flexibility index (Phi) is 4.42. The predicted molar refractivity (Wildman–Crippen MR) is 101 cm³/mol. The molecule has 3 rings (SSSR count). The molecule has 0 unspecified atom stereocenters. The second-order valence-electron chi connectivity index (χ2n) is 8.05. The normalized spacial score (nSPS) is 29.6. The van der Waals surface area contributed by atoms with Gasteiger partial charge in [-0.2, -0.15) is 0 Å². The Balaban J connectivity index is 1.92. The number of aromatic nitrogens is 2. The molecule has 1 N–H and O–H groups in total. The van der Waals surface area contributed by atoms with Gasteiger partial charge in [0, 0.05) is 19.1 Å². The van der Waals surface area contributed by atoms with Crippen LogP contribution < -0.4 is 4.90 Å². The van der Waals surface area contributed by atoms with Crippen LogP contribution in [-0.4, -0.2) is 51.0 Å². The minimum Gasteiger partial charge on any atom is -0.465 e. The summed E-state index contributed by atoms with van der Waals surface area (Å²) in [6.07, 6.45) is 2.81. The maximum Gasteiger partial charge on any atom is 0.408 e. The molecule has 1 aromatic heterocycles. The fourth-order valence-electron chi connectivity index (χ4n) is 4.58. The third kappa shape index (κ3) is 2.74. The first-order valence-electron chi connectivity index (χ1n) is 8.40. The Hall–Kier alpha value is -1.12. The van der Waals surface area contributed by atoms with Crippen LogP contribution in [0.2, 0.25) is 0 Å². The van der Waals surface area contributed by atoms with Crippen molar-refractivity contribution in [1.82, 2.24) is 15.1 Å². The second-order valence-corrected chi connectivity index (χ2v) is 9.15. The molecule has 132 valence electrons. The molecular weight excluding hydrogens is 419 g/mol. The summed E-state index contributed by atoms with van der Waals surface area (Å²) in [5.74, 6) is 0.854. The first-order valence-corrected chi connectivity index (χ1v) is 9.48. The molecule has 6 nitrogen and oxygen atoms in total. The van der Waals surface area contributed by atoms with Gasteiger partial charge in [-0.05, 0) is 65.8 Å². The molecule has 3 atom stereocenters. The summed E-state index contributed by atoms with van der Waals surface area (Å²) in [4.78, 5) is 15.9. The SMILES string of the molecule is CN(c1ccc(I)nn1)[C@@H]1C[C@@H]2CC[C@](C(C)(C)C)(C1)N2C(=O)O. The molecule has 24 heavy (non-hydrogen) atoms. The van der Waals surface area contributed by atoms with Crippen LogP contribution >= 0.6 is 22.6 Å². The zero-order chi connectivity index (χ0) is 17.7. The third-order valence-corrected chi connectivity index (χ3v) is 6.54. The van der Waals surface area contributed by atoms with Gasteiger partial charge in [-0.3, -0.25) is 4.90 Å². The topological polar surface area (TPSA) is 69.6 Å². The highest BCUT2D eigenvalue weighted by Crippen LogP contribution is 2.54. The van der Waals surface area contributed by atoms with Gasteiger partial charge in [-0.15, -0.1) is 10.2 Å². The van der Waals surface area contributed by atoms with E-state index in [1.165, 1.54) is 0 Å². The van der Waals surface area contributed by atoms with Crippen molar-refractivity contribution in [2.24, 2.45) is 5.41 Å². The van der Waals surface area contributed by atoms with Crippen molar-refractivity contribution in [2.45, 2.75) is 64.1 Å². The molecule has 1 amide bonds. The summed E-state index contributed by atoms with van der Waals surface area (Å²) in [5.41, 5.74) is -0.408. The first kappa shape index (κ1) is 17.7. The van der Waals surface area contributed by atoms with Crippen molar-refractivity contribution in [3.63, 3.8) is 0 Å². The molecule has 2 fully saturated rings. The number of piperidine rings is 1. The number of hydrogen-bond acceptors (Lipinski definition) is 4. The number of hydrogen-bond donors (Lipinski definition) is 1. The van der Waals surface area contributed by atoms with E-state index >= 15 is 0 Å². The van der Waals surface area contributed by atoms with Crippen LogP contribution in [0.4, 0.5) is 10.6 Å². The molecular formula is C17H25IN4O2. The van der Waals surface area contributed by atoms with Crippen LogP contribution in [0, 0.1) is 9.12 Å². The van der Waals surface area contributed by atoms with Crippen LogP contribution in [0.15, 0.2) is 12.1 Å². The highest BCUT2D eigenvalue weighted by molar-refractivity contribution is 14.1. The highest BCUT2D eigenvalue weighted by Gasteiger charge is 2.59. The van der Waals surface area contributed by atoms with E-state index < -0.39 is 6.09 Å². The predicted octanol–water partition coefficient (Wildman–Crippen LogP) is 3.61.